The Bertz CT molecular complexity index is 489. The standard InChI is InChI=1S/C11H11ClFN3S/c12-11-7(2-1-3-8(11)13)4-9(16-14)10-5-15-6-17-10/h1-3,5-6,9,16H,4,14H2. The molecule has 0 saturated carbocycles. The van der Waals surface area contributed by atoms with E-state index in [-0.39, 0.29) is 11.1 Å². The molecule has 90 valence electrons. The molecule has 2 rings (SSSR count). The normalized spacial score (nSPS) is 12.6. The molecule has 2 aromatic rings. The number of hydrazine groups is 1. The molecule has 0 spiro atoms. The fourth-order valence-electron chi connectivity index (χ4n) is 1.57. The minimum Gasteiger partial charge on any atom is -0.271 e. The van der Waals surface area contributed by atoms with Crippen molar-refractivity contribution in [1.82, 2.24) is 10.4 Å². The molecule has 0 aliphatic rings. The average Bonchev–Trinajstić information content (AvgIpc) is 2.85. The summed E-state index contributed by atoms with van der Waals surface area (Å²) in [5, 5.41) is 0.150. The Balaban J connectivity index is 2.22. The van der Waals surface area contributed by atoms with Crippen LogP contribution in [-0.4, -0.2) is 4.98 Å². The van der Waals surface area contributed by atoms with Crippen molar-refractivity contribution in [2.24, 2.45) is 5.84 Å². The van der Waals surface area contributed by atoms with Crippen molar-refractivity contribution in [2.75, 3.05) is 0 Å². The van der Waals surface area contributed by atoms with Crippen LogP contribution in [0.3, 0.4) is 0 Å². The maximum absolute atomic E-state index is 13.3. The van der Waals surface area contributed by atoms with Gasteiger partial charge in [0.15, 0.2) is 0 Å². The summed E-state index contributed by atoms with van der Waals surface area (Å²) < 4.78 is 13.3. The van der Waals surface area contributed by atoms with Crippen LogP contribution in [0.4, 0.5) is 4.39 Å². The number of rotatable bonds is 4. The molecule has 0 bridgehead atoms. The highest BCUT2D eigenvalue weighted by Gasteiger charge is 2.15. The molecule has 1 unspecified atom stereocenters. The smallest absolute Gasteiger partial charge is 0.142 e. The highest BCUT2D eigenvalue weighted by Crippen LogP contribution is 2.26. The van der Waals surface area contributed by atoms with Crippen LogP contribution in [-0.2, 0) is 6.42 Å². The Labute approximate surface area is 107 Å². The average molecular weight is 272 g/mol. The van der Waals surface area contributed by atoms with E-state index in [0.717, 1.165) is 10.4 Å². The van der Waals surface area contributed by atoms with Crippen molar-refractivity contribution in [3.8, 4) is 0 Å². The first-order chi connectivity index (χ1) is 8.22. The first-order valence-corrected chi connectivity index (χ1v) is 6.25. The van der Waals surface area contributed by atoms with Crippen LogP contribution in [0.25, 0.3) is 0 Å². The largest absolute Gasteiger partial charge is 0.271 e. The van der Waals surface area contributed by atoms with Gasteiger partial charge >= 0.3 is 0 Å². The number of aromatic nitrogens is 1. The number of nitrogens with zero attached hydrogens (tertiary/aromatic N) is 1. The quantitative estimate of drug-likeness (QED) is 0.664. The zero-order valence-corrected chi connectivity index (χ0v) is 10.4. The summed E-state index contributed by atoms with van der Waals surface area (Å²) in [6.45, 7) is 0. The number of benzene rings is 1. The van der Waals surface area contributed by atoms with E-state index in [2.05, 4.69) is 10.4 Å². The lowest BCUT2D eigenvalue weighted by Gasteiger charge is -2.14. The van der Waals surface area contributed by atoms with Crippen molar-refractivity contribution in [2.45, 2.75) is 12.5 Å². The van der Waals surface area contributed by atoms with E-state index >= 15 is 0 Å². The van der Waals surface area contributed by atoms with Gasteiger partial charge in [0.2, 0.25) is 0 Å². The Morgan fingerprint density at radius 2 is 2.35 bits per heavy atom. The van der Waals surface area contributed by atoms with Crippen LogP contribution in [0.2, 0.25) is 5.02 Å². The lowest BCUT2D eigenvalue weighted by atomic mass is 10.1. The Morgan fingerprint density at radius 3 is 3.00 bits per heavy atom. The molecule has 0 amide bonds. The summed E-state index contributed by atoms with van der Waals surface area (Å²) in [5.41, 5.74) is 5.14. The minimum atomic E-state index is -0.413. The van der Waals surface area contributed by atoms with E-state index in [1.807, 2.05) is 0 Å². The lowest BCUT2D eigenvalue weighted by molar-refractivity contribution is 0.556. The zero-order valence-electron chi connectivity index (χ0n) is 8.86. The third-order valence-corrected chi connectivity index (χ3v) is 3.76. The molecule has 6 heteroatoms. The van der Waals surface area contributed by atoms with Gasteiger partial charge in [-0.25, -0.2) is 4.39 Å². The number of hydrogen-bond donors (Lipinski definition) is 2. The second-order valence-electron chi connectivity index (χ2n) is 3.54. The van der Waals surface area contributed by atoms with E-state index < -0.39 is 5.82 Å². The summed E-state index contributed by atoms with van der Waals surface area (Å²) in [7, 11) is 0. The molecule has 1 heterocycles. The van der Waals surface area contributed by atoms with Gasteiger partial charge in [-0.2, -0.15) is 0 Å². The molecular formula is C11H11ClFN3S. The summed E-state index contributed by atoms with van der Waals surface area (Å²) >= 11 is 7.39. The van der Waals surface area contributed by atoms with Crippen LogP contribution in [0.15, 0.2) is 29.9 Å². The maximum atomic E-state index is 13.3. The van der Waals surface area contributed by atoms with Gasteiger partial charge in [0.05, 0.1) is 16.6 Å². The molecule has 0 aliphatic carbocycles. The van der Waals surface area contributed by atoms with Crippen LogP contribution < -0.4 is 11.3 Å². The first-order valence-electron chi connectivity index (χ1n) is 4.99. The van der Waals surface area contributed by atoms with Gasteiger partial charge in [-0.15, -0.1) is 11.3 Å². The predicted octanol–water partition coefficient (Wildman–Crippen LogP) is 2.68. The van der Waals surface area contributed by atoms with Gasteiger partial charge < -0.3 is 0 Å². The first kappa shape index (κ1) is 12.4. The third-order valence-electron chi connectivity index (χ3n) is 2.45. The summed E-state index contributed by atoms with van der Waals surface area (Å²) in [5.74, 6) is 5.08. The van der Waals surface area contributed by atoms with Crippen LogP contribution in [0, 0.1) is 5.82 Å². The second kappa shape index (κ2) is 5.55. The van der Waals surface area contributed by atoms with Gasteiger partial charge in [-0.05, 0) is 18.1 Å². The minimum absolute atomic E-state index is 0.109. The molecule has 0 aliphatic heterocycles. The van der Waals surface area contributed by atoms with Crippen molar-refractivity contribution < 1.29 is 4.39 Å². The maximum Gasteiger partial charge on any atom is 0.142 e. The fourth-order valence-corrected chi connectivity index (χ4v) is 2.45. The van der Waals surface area contributed by atoms with Crippen molar-refractivity contribution >= 4 is 22.9 Å². The van der Waals surface area contributed by atoms with Crippen LogP contribution in [0.5, 0.6) is 0 Å². The van der Waals surface area contributed by atoms with E-state index in [4.69, 9.17) is 17.4 Å². The van der Waals surface area contributed by atoms with E-state index in [9.17, 15) is 4.39 Å². The molecule has 0 fully saturated rings. The highest BCUT2D eigenvalue weighted by molar-refractivity contribution is 7.09. The molecule has 3 nitrogen and oxygen atoms in total. The SMILES string of the molecule is NNC(Cc1cccc(F)c1Cl)c1cncs1. The van der Waals surface area contributed by atoms with Crippen molar-refractivity contribution in [3.63, 3.8) is 0 Å². The number of halogens is 2. The number of hydrogen-bond acceptors (Lipinski definition) is 4. The van der Waals surface area contributed by atoms with Crippen molar-refractivity contribution in [1.29, 1.82) is 0 Å². The molecule has 1 aromatic carbocycles. The predicted molar refractivity (Wildman–Crippen MR) is 67.3 cm³/mol. The van der Waals surface area contributed by atoms with Gasteiger partial charge in [0.1, 0.15) is 5.82 Å². The molecule has 0 saturated heterocycles. The fraction of sp³-hybridized carbons (Fsp3) is 0.182. The Hall–Kier alpha value is -1.01. The van der Waals surface area contributed by atoms with Gasteiger partial charge in [0.25, 0.3) is 0 Å². The van der Waals surface area contributed by atoms with Crippen LogP contribution >= 0.6 is 22.9 Å². The number of thiazole rings is 1. The highest BCUT2D eigenvalue weighted by atomic mass is 35.5. The molecule has 0 radical (unpaired) electrons. The molecular weight excluding hydrogens is 261 g/mol. The van der Waals surface area contributed by atoms with E-state index in [0.29, 0.717) is 6.42 Å². The summed E-state index contributed by atoms with van der Waals surface area (Å²) in [4.78, 5) is 4.98. The Kier molecular flexibility index (Phi) is 4.06. The van der Waals surface area contributed by atoms with Crippen molar-refractivity contribution in [3.05, 3.63) is 51.2 Å². The summed E-state index contributed by atoms with van der Waals surface area (Å²) in [6, 6.07) is 4.65. The van der Waals surface area contributed by atoms with E-state index in [1.54, 1.807) is 23.8 Å². The zero-order chi connectivity index (χ0) is 12.3. The molecule has 3 N–H and O–H groups in total. The molecule has 1 atom stereocenters. The lowest BCUT2D eigenvalue weighted by Crippen LogP contribution is -2.29. The summed E-state index contributed by atoms with van der Waals surface area (Å²) in [6.07, 6.45) is 2.26. The van der Waals surface area contributed by atoms with E-state index in [1.165, 1.54) is 17.4 Å². The Morgan fingerprint density at radius 1 is 1.53 bits per heavy atom. The van der Waals surface area contributed by atoms with Crippen LogP contribution in [0.1, 0.15) is 16.5 Å². The topological polar surface area (TPSA) is 50.9 Å². The van der Waals surface area contributed by atoms with Gasteiger partial charge in [-0.3, -0.25) is 16.3 Å². The third kappa shape index (κ3) is 2.81. The molecule has 17 heavy (non-hydrogen) atoms. The number of nitrogens with two attached hydrogens (primary N) is 1. The van der Waals surface area contributed by atoms with Gasteiger partial charge in [-0.1, -0.05) is 23.7 Å². The second-order valence-corrected chi connectivity index (χ2v) is 4.84. The molecule has 1 aromatic heterocycles. The monoisotopic (exact) mass is 271 g/mol. The number of nitrogens with one attached hydrogen (secondary N) is 1. The van der Waals surface area contributed by atoms with Gasteiger partial charge in [0, 0.05) is 11.1 Å².